The lowest BCUT2D eigenvalue weighted by molar-refractivity contribution is -0.123. The third-order valence-corrected chi connectivity index (χ3v) is 3.78. The van der Waals surface area contributed by atoms with Gasteiger partial charge in [-0.3, -0.25) is 4.79 Å². The zero-order chi connectivity index (χ0) is 12.6. The van der Waals surface area contributed by atoms with Crippen LogP contribution in [0.2, 0.25) is 0 Å². The molecule has 100 valence electrons. The summed E-state index contributed by atoms with van der Waals surface area (Å²) in [6, 6.07) is 0. The summed E-state index contributed by atoms with van der Waals surface area (Å²) < 4.78 is 0. The fourth-order valence-electron chi connectivity index (χ4n) is 2.62. The number of carbonyl (C=O) groups is 1. The number of amides is 1. The van der Waals surface area contributed by atoms with Gasteiger partial charge in [-0.15, -0.1) is 0 Å². The SMILES string of the molecule is CCCCCCCC(=O)NC1(CO)CCCC1. The molecule has 17 heavy (non-hydrogen) atoms. The molecule has 0 aliphatic heterocycles. The van der Waals surface area contributed by atoms with Gasteiger partial charge >= 0.3 is 0 Å². The zero-order valence-electron chi connectivity index (χ0n) is 11.1. The van der Waals surface area contributed by atoms with Crippen molar-refractivity contribution in [3.05, 3.63) is 0 Å². The van der Waals surface area contributed by atoms with E-state index in [1.807, 2.05) is 0 Å². The van der Waals surface area contributed by atoms with E-state index in [-0.39, 0.29) is 18.1 Å². The van der Waals surface area contributed by atoms with Crippen molar-refractivity contribution in [2.24, 2.45) is 0 Å². The maximum atomic E-state index is 11.8. The molecule has 0 saturated heterocycles. The summed E-state index contributed by atoms with van der Waals surface area (Å²) in [4.78, 5) is 11.8. The standard InChI is InChI=1S/C14H27NO2/c1-2-3-4-5-6-9-13(17)15-14(12-16)10-7-8-11-14/h16H,2-12H2,1H3,(H,15,17). The van der Waals surface area contributed by atoms with Crippen LogP contribution in [0.4, 0.5) is 0 Å². The Balaban J connectivity index is 2.15. The second-order valence-electron chi connectivity index (χ2n) is 5.36. The number of rotatable bonds is 8. The van der Waals surface area contributed by atoms with Crippen LogP contribution < -0.4 is 5.32 Å². The van der Waals surface area contributed by atoms with Crippen LogP contribution in [-0.2, 0) is 4.79 Å². The van der Waals surface area contributed by atoms with Crippen molar-refractivity contribution in [1.29, 1.82) is 0 Å². The van der Waals surface area contributed by atoms with Crippen molar-refractivity contribution in [3.63, 3.8) is 0 Å². The Morgan fingerprint density at radius 3 is 2.41 bits per heavy atom. The van der Waals surface area contributed by atoms with E-state index in [0.29, 0.717) is 6.42 Å². The van der Waals surface area contributed by atoms with Crippen molar-refractivity contribution in [2.45, 2.75) is 76.7 Å². The molecule has 0 aromatic heterocycles. The van der Waals surface area contributed by atoms with Gasteiger partial charge in [0.25, 0.3) is 0 Å². The van der Waals surface area contributed by atoms with Crippen LogP contribution in [0.15, 0.2) is 0 Å². The molecule has 0 atom stereocenters. The molecule has 2 N–H and O–H groups in total. The molecular formula is C14H27NO2. The third-order valence-electron chi connectivity index (χ3n) is 3.78. The van der Waals surface area contributed by atoms with Gasteiger partial charge in [0.2, 0.25) is 5.91 Å². The summed E-state index contributed by atoms with van der Waals surface area (Å²) in [6.07, 6.45) is 10.6. The number of hydrogen-bond donors (Lipinski definition) is 2. The third kappa shape index (κ3) is 5.07. The maximum Gasteiger partial charge on any atom is 0.220 e. The lowest BCUT2D eigenvalue weighted by Crippen LogP contribution is -2.49. The molecule has 1 rings (SSSR count). The van der Waals surface area contributed by atoms with Crippen LogP contribution in [0.3, 0.4) is 0 Å². The topological polar surface area (TPSA) is 49.3 Å². The number of unbranched alkanes of at least 4 members (excludes halogenated alkanes) is 4. The molecule has 1 saturated carbocycles. The van der Waals surface area contributed by atoms with Crippen LogP contribution in [-0.4, -0.2) is 23.2 Å². The van der Waals surface area contributed by atoms with Crippen molar-refractivity contribution >= 4 is 5.91 Å². The summed E-state index contributed by atoms with van der Waals surface area (Å²) >= 11 is 0. The Morgan fingerprint density at radius 2 is 1.82 bits per heavy atom. The first-order valence-corrected chi connectivity index (χ1v) is 7.14. The van der Waals surface area contributed by atoms with E-state index in [1.54, 1.807) is 0 Å². The van der Waals surface area contributed by atoms with Crippen LogP contribution in [0, 0.1) is 0 Å². The first-order chi connectivity index (χ1) is 8.22. The lowest BCUT2D eigenvalue weighted by Gasteiger charge is -2.28. The molecule has 0 radical (unpaired) electrons. The molecule has 1 aliphatic carbocycles. The minimum Gasteiger partial charge on any atom is -0.394 e. The van der Waals surface area contributed by atoms with Crippen molar-refractivity contribution < 1.29 is 9.90 Å². The van der Waals surface area contributed by atoms with Crippen LogP contribution in [0.1, 0.15) is 71.1 Å². The van der Waals surface area contributed by atoms with E-state index < -0.39 is 0 Å². The number of aliphatic hydroxyl groups is 1. The first kappa shape index (κ1) is 14.5. The van der Waals surface area contributed by atoms with Gasteiger partial charge in [-0.05, 0) is 19.3 Å². The molecule has 3 nitrogen and oxygen atoms in total. The minimum absolute atomic E-state index is 0.0918. The lowest BCUT2D eigenvalue weighted by atomic mass is 9.98. The normalized spacial score (nSPS) is 18.2. The molecule has 0 spiro atoms. The van der Waals surface area contributed by atoms with E-state index in [9.17, 15) is 9.90 Å². The van der Waals surface area contributed by atoms with Crippen LogP contribution in [0.5, 0.6) is 0 Å². The Morgan fingerprint density at radius 1 is 1.18 bits per heavy atom. The monoisotopic (exact) mass is 241 g/mol. The van der Waals surface area contributed by atoms with Gasteiger partial charge in [0.1, 0.15) is 0 Å². The average molecular weight is 241 g/mol. The van der Waals surface area contributed by atoms with Gasteiger partial charge in [-0.25, -0.2) is 0 Å². The summed E-state index contributed by atoms with van der Waals surface area (Å²) in [6.45, 7) is 2.28. The smallest absolute Gasteiger partial charge is 0.220 e. The molecule has 1 amide bonds. The van der Waals surface area contributed by atoms with Gasteiger partial charge in [0.15, 0.2) is 0 Å². The highest BCUT2D eigenvalue weighted by molar-refractivity contribution is 5.76. The van der Waals surface area contributed by atoms with Gasteiger partial charge in [0.05, 0.1) is 12.1 Å². The molecule has 1 fully saturated rings. The Hall–Kier alpha value is -0.570. The van der Waals surface area contributed by atoms with E-state index in [1.165, 1.54) is 19.3 Å². The van der Waals surface area contributed by atoms with Crippen LogP contribution in [0.25, 0.3) is 0 Å². The fourth-order valence-corrected chi connectivity index (χ4v) is 2.62. The second kappa shape index (κ2) is 7.70. The Labute approximate surface area is 105 Å². The predicted molar refractivity (Wildman–Crippen MR) is 69.8 cm³/mol. The minimum atomic E-state index is -0.291. The summed E-state index contributed by atoms with van der Waals surface area (Å²) in [7, 11) is 0. The number of aliphatic hydroxyl groups excluding tert-OH is 1. The summed E-state index contributed by atoms with van der Waals surface area (Å²) in [5, 5.41) is 12.4. The quantitative estimate of drug-likeness (QED) is 0.642. The predicted octanol–water partition coefficient (Wildman–Crippen LogP) is 2.77. The molecule has 1 aliphatic rings. The average Bonchev–Trinajstić information content (AvgIpc) is 2.78. The van der Waals surface area contributed by atoms with E-state index in [2.05, 4.69) is 12.2 Å². The maximum absolute atomic E-state index is 11.8. The van der Waals surface area contributed by atoms with Crippen molar-refractivity contribution in [1.82, 2.24) is 5.32 Å². The highest BCUT2D eigenvalue weighted by atomic mass is 16.3. The molecule has 0 heterocycles. The van der Waals surface area contributed by atoms with Crippen molar-refractivity contribution in [2.75, 3.05) is 6.61 Å². The number of hydrogen-bond acceptors (Lipinski definition) is 2. The largest absolute Gasteiger partial charge is 0.394 e. The van der Waals surface area contributed by atoms with E-state index >= 15 is 0 Å². The highest BCUT2D eigenvalue weighted by Gasteiger charge is 2.34. The molecule has 0 bridgehead atoms. The van der Waals surface area contributed by atoms with E-state index in [0.717, 1.165) is 38.5 Å². The van der Waals surface area contributed by atoms with Crippen molar-refractivity contribution in [3.8, 4) is 0 Å². The summed E-state index contributed by atoms with van der Waals surface area (Å²) in [5.74, 6) is 0.123. The van der Waals surface area contributed by atoms with Gasteiger partial charge in [0, 0.05) is 6.42 Å². The molecule has 0 aromatic rings. The highest BCUT2D eigenvalue weighted by Crippen LogP contribution is 2.29. The molecule has 0 aromatic carbocycles. The first-order valence-electron chi connectivity index (χ1n) is 7.14. The van der Waals surface area contributed by atoms with Gasteiger partial charge in [-0.1, -0.05) is 45.4 Å². The molecule has 0 unspecified atom stereocenters. The van der Waals surface area contributed by atoms with E-state index in [4.69, 9.17) is 0 Å². The summed E-state index contributed by atoms with van der Waals surface area (Å²) in [5.41, 5.74) is -0.291. The number of nitrogens with one attached hydrogen (secondary N) is 1. The van der Waals surface area contributed by atoms with Gasteiger partial charge in [-0.2, -0.15) is 0 Å². The second-order valence-corrected chi connectivity index (χ2v) is 5.36. The number of carbonyl (C=O) groups excluding carboxylic acids is 1. The molecular weight excluding hydrogens is 214 g/mol. The zero-order valence-corrected chi connectivity index (χ0v) is 11.1. The molecule has 3 heteroatoms. The Bertz CT molecular complexity index is 222. The van der Waals surface area contributed by atoms with Gasteiger partial charge < -0.3 is 10.4 Å². The van der Waals surface area contributed by atoms with Crippen LogP contribution >= 0.6 is 0 Å². The fraction of sp³-hybridized carbons (Fsp3) is 0.929. The Kier molecular flexibility index (Phi) is 6.56.